The number of benzene rings is 2. The maximum Gasteiger partial charge on any atom is 0.247 e. The number of hydrogen-bond donors (Lipinski definition) is 0. The van der Waals surface area contributed by atoms with E-state index in [0.717, 1.165) is 27.7 Å². The topological polar surface area (TPSA) is 69.6 Å². The van der Waals surface area contributed by atoms with E-state index in [1.165, 1.54) is 5.56 Å². The zero-order chi connectivity index (χ0) is 22.2. The highest BCUT2D eigenvalue weighted by atomic mass is 32.2. The third-order valence-electron chi connectivity index (χ3n) is 5.18. The molecule has 1 unspecified atom stereocenters. The number of aromatic nitrogens is 5. The highest BCUT2D eigenvalue weighted by Gasteiger charge is 2.21. The Morgan fingerprint density at radius 2 is 1.68 bits per heavy atom. The van der Waals surface area contributed by atoms with Gasteiger partial charge in [0.15, 0.2) is 11.0 Å². The molecule has 2 heterocycles. The average Bonchev–Trinajstić information content (AvgIpc) is 3.35. The van der Waals surface area contributed by atoms with Crippen LogP contribution in [0.5, 0.6) is 0 Å². The van der Waals surface area contributed by atoms with E-state index in [2.05, 4.69) is 65.4 Å². The lowest BCUT2D eigenvalue weighted by Crippen LogP contribution is -2.10. The van der Waals surface area contributed by atoms with Gasteiger partial charge in [-0.3, -0.25) is 0 Å². The Morgan fingerprint density at radius 3 is 2.35 bits per heavy atom. The molecule has 31 heavy (non-hydrogen) atoms. The van der Waals surface area contributed by atoms with Crippen LogP contribution in [0.4, 0.5) is 0 Å². The van der Waals surface area contributed by atoms with Crippen molar-refractivity contribution >= 4 is 11.8 Å². The Labute approximate surface area is 187 Å². The molecule has 0 spiro atoms. The Bertz CT molecular complexity index is 1190. The van der Waals surface area contributed by atoms with Crippen LogP contribution < -0.4 is 0 Å². The Kier molecular flexibility index (Phi) is 5.71. The van der Waals surface area contributed by atoms with Crippen molar-refractivity contribution in [2.24, 2.45) is 7.05 Å². The molecule has 4 rings (SSSR count). The van der Waals surface area contributed by atoms with Gasteiger partial charge in [0.1, 0.15) is 0 Å². The van der Waals surface area contributed by atoms with E-state index in [-0.39, 0.29) is 10.7 Å². The van der Waals surface area contributed by atoms with Gasteiger partial charge in [0.05, 0.1) is 5.25 Å². The van der Waals surface area contributed by atoms with Crippen LogP contribution in [-0.2, 0) is 12.5 Å². The van der Waals surface area contributed by atoms with E-state index in [1.54, 1.807) is 11.8 Å². The van der Waals surface area contributed by atoms with Gasteiger partial charge in [0.25, 0.3) is 0 Å². The molecule has 0 fully saturated rings. The maximum atomic E-state index is 5.93. The van der Waals surface area contributed by atoms with Crippen LogP contribution >= 0.6 is 11.8 Å². The van der Waals surface area contributed by atoms with Crippen LogP contribution in [0, 0.1) is 6.92 Å². The zero-order valence-electron chi connectivity index (χ0n) is 18.7. The molecule has 6 nitrogen and oxygen atoms in total. The first-order valence-electron chi connectivity index (χ1n) is 10.3. The summed E-state index contributed by atoms with van der Waals surface area (Å²) >= 11 is 1.55. The molecule has 0 saturated heterocycles. The lowest BCUT2D eigenvalue weighted by Gasteiger charge is -2.19. The SMILES string of the molecule is Cc1cccc(-c2nnc(C(C)Sc3nnc(-c4ccc(C(C)(C)C)cc4)n3C)o2)c1. The number of hydrogen-bond acceptors (Lipinski definition) is 6. The summed E-state index contributed by atoms with van der Waals surface area (Å²) in [6.07, 6.45) is 0. The Hall–Kier alpha value is -2.93. The number of nitrogens with zero attached hydrogens (tertiary/aromatic N) is 5. The summed E-state index contributed by atoms with van der Waals surface area (Å²) in [7, 11) is 1.98. The fraction of sp³-hybridized carbons (Fsp3) is 0.333. The van der Waals surface area contributed by atoms with Crippen LogP contribution in [0.2, 0.25) is 0 Å². The number of thioether (sulfide) groups is 1. The zero-order valence-corrected chi connectivity index (χ0v) is 19.6. The molecule has 160 valence electrons. The molecule has 7 heteroatoms. The second-order valence-corrected chi connectivity index (χ2v) is 10.1. The van der Waals surface area contributed by atoms with Gasteiger partial charge in [-0.05, 0) is 37.0 Å². The van der Waals surface area contributed by atoms with Crippen LogP contribution in [0.15, 0.2) is 58.1 Å². The van der Waals surface area contributed by atoms with Gasteiger partial charge in [-0.25, -0.2) is 0 Å². The minimum absolute atomic E-state index is 0.0509. The van der Waals surface area contributed by atoms with Crippen molar-refractivity contribution in [2.75, 3.05) is 0 Å². The van der Waals surface area contributed by atoms with Crippen molar-refractivity contribution in [3.63, 3.8) is 0 Å². The van der Waals surface area contributed by atoms with E-state index in [9.17, 15) is 0 Å². The predicted octanol–water partition coefficient (Wildman–Crippen LogP) is 5.99. The summed E-state index contributed by atoms with van der Waals surface area (Å²) in [5.74, 6) is 1.94. The Balaban J connectivity index is 1.51. The van der Waals surface area contributed by atoms with Crippen LogP contribution in [-0.4, -0.2) is 25.0 Å². The molecular weight excluding hydrogens is 406 g/mol. The van der Waals surface area contributed by atoms with E-state index < -0.39 is 0 Å². The Morgan fingerprint density at radius 1 is 0.935 bits per heavy atom. The molecule has 1 atom stereocenters. The summed E-state index contributed by atoms with van der Waals surface area (Å²) < 4.78 is 7.94. The molecule has 0 aliphatic heterocycles. The molecule has 0 aliphatic rings. The first kappa shape index (κ1) is 21.3. The van der Waals surface area contributed by atoms with Gasteiger partial charge in [-0.1, -0.05) is 74.5 Å². The summed E-state index contributed by atoms with van der Waals surface area (Å²) in [4.78, 5) is 0. The van der Waals surface area contributed by atoms with Crippen LogP contribution in [0.3, 0.4) is 0 Å². The number of rotatable bonds is 5. The van der Waals surface area contributed by atoms with E-state index in [0.29, 0.717) is 11.8 Å². The van der Waals surface area contributed by atoms with Crippen molar-refractivity contribution in [1.82, 2.24) is 25.0 Å². The third-order valence-corrected chi connectivity index (χ3v) is 6.30. The quantitative estimate of drug-likeness (QED) is 0.360. The van der Waals surface area contributed by atoms with Crippen LogP contribution in [0.25, 0.3) is 22.8 Å². The van der Waals surface area contributed by atoms with Gasteiger partial charge < -0.3 is 8.98 Å². The molecule has 0 bridgehead atoms. The molecule has 0 aliphatic carbocycles. The first-order chi connectivity index (χ1) is 14.7. The highest BCUT2D eigenvalue weighted by Crippen LogP contribution is 2.35. The van der Waals surface area contributed by atoms with Crippen molar-refractivity contribution in [2.45, 2.75) is 50.4 Å². The summed E-state index contributed by atoms with van der Waals surface area (Å²) in [6, 6.07) is 16.6. The summed E-state index contributed by atoms with van der Waals surface area (Å²) in [5, 5.41) is 18.0. The summed E-state index contributed by atoms with van der Waals surface area (Å²) in [6.45, 7) is 10.7. The summed E-state index contributed by atoms with van der Waals surface area (Å²) in [5.41, 5.74) is 4.54. The molecule has 0 radical (unpaired) electrons. The van der Waals surface area contributed by atoms with Crippen molar-refractivity contribution < 1.29 is 4.42 Å². The minimum Gasteiger partial charge on any atom is -0.419 e. The van der Waals surface area contributed by atoms with E-state index >= 15 is 0 Å². The van der Waals surface area contributed by atoms with E-state index in [1.807, 2.05) is 49.7 Å². The monoisotopic (exact) mass is 433 g/mol. The van der Waals surface area contributed by atoms with Crippen molar-refractivity contribution in [3.05, 3.63) is 65.5 Å². The van der Waals surface area contributed by atoms with Crippen molar-refractivity contribution in [3.8, 4) is 22.8 Å². The molecular formula is C24H27N5OS. The lowest BCUT2D eigenvalue weighted by atomic mass is 9.87. The van der Waals surface area contributed by atoms with Gasteiger partial charge >= 0.3 is 0 Å². The van der Waals surface area contributed by atoms with Crippen molar-refractivity contribution in [1.29, 1.82) is 0 Å². The fourth-order valence-electron chi connectivity index (χ4n) is 3.29. The van der Waals surface area contributed by atoms with Gasteiger partial charge in [-0.15, -0.1) is 20.4 Å². The largest absolute Gasteiger partial charge is 0.419 e. The molecule has 0 amide bonds. The third kappa shape index (κ3) is 4.56. The molecule has 2 aromatic carbocycles. The molecule has 4 aromatic rings. The fourth-order valence-corrected chi connectivity index (χ4v) is 4.14. The number of aryl methyl sites for hydroxylation is 1. The van der Waals surface area contributed by atoms with Crippen LogP contribution in [0.1, 0.15) is 50.0 Å². The smallest absolute Gasteiger partial charge is 0.247 e. The first-order valence-corrected chi connectivity index (χ1v) is 11.2. The molecule has 0 saturated carbocycles. The molecule has 2 aromatic heterocycles. The highest BCUT2D eigenvalue weighted by molar-refractivity contribution is 7.99. The normalized spacial score (nSPS) is 12.8. The van der Waals surface area contributed by atoms with Gasteiger partial charge in [0.2, 0.25) is 11.8 Å². The second kappa shape index (κ2) is 8.30. The average molecular weight is 434 g/mol. The van der Waals surface area contributed by atoms with Gasteiger partial charge in [0, 0.05) is 18.2 Å². The minimum atomic E-state index is -0.0509. The second-order valence-electron chi connectivity index (χ2n) is 8.77. The standard InChI is InChI=1S/C24H27N5OS/c1-15-8-7-9-18(14-15)22-27-26-21(30-22)16(2)31-23-28-25-20(29(23)6)17-10-12-19(13-11-17)24(3,4)5/h7-14,16H,1-6H3. The van der Waals surface area contributed by atoms with E-state index in [4.69, 9.17) is 4.42 Å². The maximum absolute atomic E-state index is 5.93. The lowest BCUT2D eigenvalue weighted by molar-refractivity contribution is 0.508. The predicted molar refractivity (Wildman–Crippen MR) is 124 cm³/mol. The van der Waals surface area contributed by atoms with Gasteiger partial charge in [-0.2, -0.15) is 0 Å². The molecule has 0 N–H and O–H groups in total.